The van der Waals surface area contributed by atoms with E-state index in [9.17, 15) is 14.7 Å². The van der Waals surface area contributed by atoms with Gasteiger partial charge < -0.3 is 14.6 Å². The summed E-state index contributed by atoms with van der Waals surface area (Å²) < 4.78 is 13.0. The number of carbonyl (C=O) groups is 2. The first-order valence-electron chi connectivity index (χ1n) is 11.6. The summed E-state index contributed by atoms with van der Waals surface area (Å²) >= 11 is 0. The fourth-order valence-corrected chi connectivity index (χ4v) is 5.46. The van der Waals surface area contributed by atoms with Crippen molar-refractivity contribution in [3.8, 4) is 11.1 Å². The molecule has 2 aliphatic heterocycles. The summed E-state index contributed by atoms with van der Waals surface area (Å²) in [5.41, 5.74) is 5.70. The van der Waals surface area contributed by atoms with E-state index in [1.165, 1.54) is 4.90 Å². The summed E-state index contributed by atoms with van der Waals surface area (Å²) in [4.78, 5) is 26.5. The van der Waals surface area contributed by atoms with Crippen LogP contribution in [0, 0.1) is 0 Å². The minimum Gasteiger partial charge on any atom is -0.479 e. The second-order valence-corrected chi connectivity index (χ2v) is 9.03. The molecule has 1 aliphatic carbocycles. The zero-order valence-corrected chi connectivity index (χ0v) is 18.6. The van der Waals surface area contributed by atoms with Crippen molar-refractivity contribution in [2.75, 3.05) is 19.8 Å². The minimum absolute atomic E-state index is 0.0812. The first kappa shape index (κ1) is 20.9. The van der Waals surface area contributed by atoms with Crippen molar-refractivity contribution in [1.82, 2.24) is 14.7 Å². The summed E-state index contributed by atoms with van der Waals surface area (Å²) in [6.45, 7) is 1.61. The minimum atomic E-state index is -1.10. The summed E-state index contributed by atoms with van der Waals surface area (Å²) in [6, 6.07) is 15.3. The Kier molecular flexibility index (Phi) is 5.10. The Morgan fingerprint density at radius 3 is 2.29 bits per heavy atom. The largest absolute Gasteiger partial charge is 0.479 e. The third kappa shape index (κ3) is 3.37. The molecule has 1 fully saturated rings. The lowest BCUT2D eigenvalue weighted by Gasteiger charge is -2.25. The first-order chi connectivity index (χ1) is 16.6. The number of fused-ring (bicyclic) bond motifs is 4. The smallest absolute Gasteiger partial charge is 0.411 e. The molecule has 1 aromatic heterocycles. The van der Waals surface area contributed by atoms with Gasteiger partial charge >= 0.3 is 12.1 Å². The van der Waals surface area contributed by atoms with Gasteiger partial charge in [-0.25, -0.2) is 9.59 Å². The van der Waals surface area contributed by atoms with Crippen LogP contribution in [0.5, 0.6) is 0 Å². The van der Waals surface area contributed by atoms with Gasteiger partial charge in [-0.3, -0.25) is 9.58 Å². The molecule has 2 aromatic carbocycles. The lowest BCUT2D eigenvalue weighted by molar-refractivity contribution is -0.142. The Morgan fingerprint density at radius 1 is 1.00 bits per heavy atom. The Labute approximate surface area is 196 Å². The van der Waals surface area contributed by atoms with Crippen LogP contribution in [-0.4, -0.2) is 51.7 Å². The number of benzene rings is 2. The molecule has 3 aliphatic rings. The maximum atomic E-state index is 13.1. The molecule has 1 unspecified atom stereocenters. The number of nitrogens with zero attached hydrogens (tertiary/aromatic N) is 3. The lowest BCUT2D eigenvalue weighted by Crippen LogP contribution is -2.35. The predicted octanol–water partition coefficient (Wildman–Crippen LogP) is 4.13. The van der Waals surface area contributed by atoms with E-state index in [1.54, 1.807) is 6.20 Å². The van der Waals surface area contributed by atoms with E-state index in [1.807, 2.05) is 28.9 Å². The number of hydrogen-bond donors (Lipinski definition) is 1. The molecule has 1 atom stereocenters. The van der Waals surface area contributed by atoms with E-state index in [-0.39, 0.29) is 25.1 Å². The van der Waals surface area contributed by atoms with Crippen LogP contribution in [0.4, 0.5) is 4.79 Å². The summed E-state index contributed by atoms with van der Waals surface area (Å²) in [5, 5.41) is 14.6. The van der Waals surface area contributed by atoms with Gasteiger partial charge in [0.2, 0.25) is 0 Å². The van der Waals surface area contributed by atoms with E-state index >= 15 is 0 Å². The number of aliphatic carboxylic acids is 1. The van der Waals surface area contributed by atoms with Crippen molar-refractivity contribution in [2.45, 2.75) is 37.4 Å². The highest BCUT2D eigenvalue weighted by atomic mass is 16.6. The van der Waals surface area contributed by atoms with Crippen molar-refractivity contribution < 1.29 is 24.2 Å². The van der Waals surface area contributed by atoms with E-state index in [4.69, 9.17) is 9.47 Å². The van der Waals surface area contributed by atoms with Crippen LogP contribution in [-0.2, 0) is 20.8 Å². The zero-order valence-electron chi connectivity index (χ0n) is 18.6. The molecule has 34 heavy (non-hydrogen) atoms. The molecule has 8 heteroatoms. The number of ether oxygens (including phenoxy) is 2. The highest BCUT2D eigenvalue weighted by molar-refractivity contribution is 5.83. The molecule has 6 rings (SSSR count). The first-order valence-corrected chi connectivity index (χ1v) is 11.6. The van der Waals surface area contributed by atoms with Gasteiger partial charge in [0.25, 0.3) is 0 Å². The third-order valence-electron chi connectivity index (χ3n) is 7.14. The molecule has 8 nitrogen and oxygen atoms in total. The van der Waals surface area contributed by atoms with Crippen molar-refractivity contribution in [2.24, 2.45) is 0 Å². The summed E-state index contributed by atoms with van der Waals surface area (Å²) in [7, 11) is 0. The Bertz CT molecular complexity index is 1220. The number of hydrogen-bond acceptors (Lipinski definition) is 5. The van der Waals surface area contributed by atoms with Gasteiger partial charge in [0.15, 0.2) is 6.04 Å². The van der Waals surface area contributed by atoms with E-state index in [2.05, 4.69) is 29.4 Å². The number of amides is 1. The predicted molar refractivity (Wildman–Crippen MR) is 122 cm³/mol. The highest BCUT2D eigenvalue weighted by Gasteiger charge is 2.43. The maximum absolute atomic E-state index is 13.1. The quantitative estimate of drug-likeness (QED) is 0.631. The average molecular weight is 460 g/mol. The van der Waals surface area contributed by atoms with E-state index in [0.717, 1.165) is 35.1 Å². The van der Waals surface area contributed by atoms with Crippen LogP contribution in [0.2, 0.25) is 0 Å². The van der Waals surface area contributed by atoms with Crippen molar-refractivity contribution in [3.63, 3.8) is 0 Å². The number of carbonyl (C=O) groups excluding carboxylic acids is 1. The Balaban J connectivity index is 1.20. The lowest BCUT2D eigenvalue weighted by atomic mass is 9.98. The molecule has 174 valence electrons. The molecule has 3 heterocycles. The molecule has 0 radical (unpaired) electrons. The fraction of sp³-hybridized carbons (Fsp3) is 0.346. The second kappa shape index (κ2) is 8.29. The van der Waals surface area contributed by atoms with Gasteiger partial charge in [0.1, 0.15) is 6.61 Å². The Hall–Kier alpha value is -3.65. The van der Waals surface area contributed by atoms with Crippen LogP contribution in [0.25, 0.3) is 11.1 Å². The van der Waals surface area contributed by atoms with Gasteiger partial charge in [-0.2, -0.15) is 5.10 Å². The van der Waals surface area contributed by atoms with Crippen LogP contribution in [0.15, 0.2) is 54.7 Å². The molecular weight excluding hydrogens is 434 g/mol. The molecule has 1 amide bonds. The summed E-state index contributed by atoms with van der Waals surface area (Å²) in [6.07, 6.45) is 2.83. The van der Waals surface area contributed by atoms with Crippen LogP contribution >= 0.6 is 0 Å². The molecule has 0 spiro atoms. The summed E-state index contributed by atoms with van der Waals surface area (Å²) in [5.74, 6) is -1.17. The van der Waals surface area contributed by atoms with Crippen LogP contribution in [0.1, 0.15) is 53.2 Å². The molecule has 0 bridgehead atoms. The molecule has 1 saturated heterocycles. The fourth-order valence-electron chi connectivity index (χ4n) is 5.46. The zero-order chi connectivity index (χ0) is 23.2. The van der Waals surface area contributed by atoms with Crippen molar-refractivity contribution in [1.29, 1.82) is 0 Å². The Morgan fingerprint density at radius 2 is 1.65 bits per heavy atom. The average Bonchev–Trinajstić information content (AvgIpc) is 3.52. The number of rotatable bonds is 4. The van der Waals surface area contributed by atoms with E-state index in [0.29, 0.717) is 24.5 Å². The number of carboxylic acids is 1. The third-order valence-corrected chi connectivity index (χ3v) is 7.14. The standard InChI is InChI=1S/C26H25N3O5/c30-25(31)24-21-13-29(16-9-11-33-12-10-16)27-23(21)14-28(24)26(32)34-15-22-19-7-3-1-5-17(19)18-6-2-4-8-20(18)22/h1-8,13,16,22,24H,9-12,14-15H2,(H,30,31). The normalized spacial score (nSPS) is 19.5. The maximum Gasteiger partial charge on any atom is 0.411 e. The SMILES string of the molecule is O=C(O)C1c2cn(C3CCOCC3)nc2CN1C(=O)OCC1c2ccccc2-c2ccccc21. The monoisotopic (exact) mass is 459 g/mol. The van der Waals surface area contributed by atoms with Gasteiger partial charge in [0.05, 0.1) is 18.3 Å². The second-order valence-electron chi connectivity index (χ2n) is 9.03. The molecule has 1 N–H and O–H groups in total. The highest BCUT2D eigenvalue weighted by Crippen LogP contribution is 2.45. The van der Waals surface area contributed by atoms with Crippen molar-refractivity contribution in [3.05, 3.63) is 77.1 Å². The van der Waals surface area contributed by atoms with Gasteiger partial charge in [-0.05, 0) is 35.1 Å². The van der Waals surface area contributed by atoms with Gasteiger partial charge in [0, 0.05) is 30.9 Å². The van der Waals surface area contributed by atoms with Gasteiger partial charge in [-0.1, -0.05) is 48.5 Å². The van der Waals surface area contributed by atoms with Gasteiger partial charge in [-0.15, -0.1) is 0 Å². The number of aromatic nitrogens is 2. The number of carboxylic acid groups (broad SMARTS) is 1. The van der Waals surface area contributed by atoms with E-state index < -0.39 is 18.1 Å². The molecule has 0 saturated carbocycles. The van der Waals surface area contributed by atoms with Crippen molar-refractivity contribution >= 4 is 12.1 Å². The molecular formula is C26H25N3O5. The topological polar surface area (TPSA) is 93.9 Å². The van der Waals surface area contributed by atoms with Crippen LogP contribution in [0.3, 0.4) is 0 Å². The van der Waals surface area contributed by atoms with Crippen LogP contribution < -0.4 is 0 Å². The molecule has 3 aromatic rings.